The molecule has 5 heteroatoms. The van der Waals surface area contributed by atoms with E-state index in [0.29, 0.717) is 11.4 Å². The second-order valence-electron chi connectivity index (χ2n) is 6.52. The molecule has 1 fully saturated rings. The molecule has 0 aliphatic heterocycles. The lowest BCUT2D eigenvalue weighted by Gasteiger charge is -2.30. The average Bonchev–Trinajstić information content (AvgIpc) is 2.82. The Morgan fingerprint density at radius 3 is 2.86 bits per heavy atom. The van der Waals surface area contributed by atoms with Gasteiger partial charge in [0.2, 0.25) is 0 Å². The minimum absolute atomic E-state index is 0.00400. The Hall–Kier alpha value is -1.75. The van der Waals surface area contributed by atoms with Crippen LogP contribution in [0, 0.1) is 5.41 Å². The zero-order chi connectivity index (χ0) is 16.2. The number of amides is 2. The minimum Gasteiger partial charge on any atom is -0.489 e. The summed E-state index contributed by atoms with van der Waals surface area (Å²) in [5.41, 5.74) is 0.420. The Morgan fingerprint density at radius 1 is 1.45 bits per heavy atom. The van der Waals surface area contributed by atoms with Gasteiger partial charge in [-0.05, 0) is 38.8 Å². The first-order valence-electron chi connectivity index (χ1n) is 7.88. The number of urea groups is 1. The highest BCUT2D eigenvalue weighted by atomic mass is 16.5. The van der Waals surface area contributed by atoms with E-state index in [2.05, 4.69) is 10.6 Å². The van der Waals surface area contributed by atoms with Crippen molar-refractivity contribution in [3.8, 4) is 5.75 Å². The first kappa shape index (κ1) is 16.6. The van der Waals surface area contributed by atoms with Crippen molar-refractivity contribution in [1.82, 2.24) is 5.32 Å². The maximum Gasteiger partial charge on any atom is 0.319 e. The van der Waals surface area contributed by atoms with E-state index >= 15 is 0 Å². The van der Waals surface area contributed by atoms with Crippen LogP contribution in [-0.2, 0) is 0 Å². The summed E-state index contributed by atoms with van der Waals surface area (Å²) in [7, 11) is 0. The monoisotopic (exact) mass is 306 g/mol. The Kier molecular flexibility index (Phi) is 5.29. The highest BCUT2D eigenvalue weighted by Gasteiger charge is 2.39. The molecule has 5 nitrogen and oxygen atoms in total. The van der Waals surface area contributed by atoms with Crippen molar-refractivity contribution < 1.29 is 14.6 Å². The van der Waals surface area contributed by atoms with Crippen molar-refractivity contribution in [2.24, 2.45) is 5.41 Å². The van der Waals surface area contributed by atoms with Crippen LogP contribution in [0.2, 0.25) is 0 Å². The number of hydrogen-bond acceptors (Lipinski definition) is 3. The molecule has 0 heterocycles. The van der Waals surface area contributed by atoms with Gasteiger partial charge in [-0.25, -0.2) is 4.79 Å². The second kappa shape index (κ2) is 7.01. The van der Waals surface area contributed by atoms with Crippen molar-refractivity contribution in [3.05, 3.63) is 24.3 Å². The summed E-state index contributed by atoms with van der Waals surface area (Å²) < 4.78 is 5.70. The van der Waals surface area contributed by atoms with Crippen molar-refractivity contribution in [3.63, 3.8) is 0 Å². The predicted octanol–water partition coefficient (Wildman–Crippen LogP) is 3.15. The highest BCUT2D eigenvalue weighted by molar-refractivity contribution is 5.91. The molecule has 0 spiro atoms. The van der Waals surface area contributed by atoms with E-state index in [1.807, 2.05) is 45.0 Å². The van der Waals surface area contributed by atoms with Crippen molar-refractivity contribution in [1.29, 1.82) is 0 Å². The molecule has 0 aromatic heterocycles. The Labute approximate surface area is 132 Å². The van der Waals surface area contributed by atoms with Gasteiger partial charge in [0.15, 0.2) is 0 Å². The number of anilines is 1. The van der Waals surface area contributed by atoms with E-state index in [9.17, 15) is 9.90 Å². The minimum atomic E-state index is -0.258. The van der Waals surface area contributed by atoms with Gasteiger partial charge in [0.05, 0.1) is 18.4 Å². The van der Waals surface area contributed by atoms with E-state index in [0.717, 1.165) is 19.3 Å². The number of carbonyl (C=O) groups is 1. The number of hydrogen-bond donors (Lipinski definition) is 3. The fourth-order valence-electron chi connectivity index (χ4n) is 2.91. The largest absolute Gasteiger partial charge is 0.489 e. The summed E-state index contributed by atoms with van der Waals surface area (Å²) in [6.07, 6.45) is 2.89. The molecule has 3 N–H and O–H groups in total. The normalized spacial score (nSPS) is 24.3. The molecule has 1 aromatic carbocycles. The fraction of sp³-hybridized carbons (Fsp3) is 0.588. The Balaban J connectivity index is 2.01. The number of nitrogens with one attached hydrogen (secondary N) is 2. The number of rotatable bonds is 5. The fourth-order valence-corrected chi connectivity index (χ4v) is 2.91. The first-order valence-corrected chi connectivity index (χ1v) is 7.88. The summed E-state index contributed by atoms with van der Waals surface area (Å²) in [4.78, 5) is 12.3. The molecule has 0 bridgehead atoms. The predicted molar refractivity (Wildman–Crippen MR) is 87.2 cm³/mol. The van der Waals surface area contributed by atoms with Crippen LogP contribution >= 0.6 is 0 Å². The van der Waals surface area contributed by atoms with E-state index in [4.69, 9.17) is 4.74 Å². The lowest BCUT2D eigenvalue weighted by molar-refractivity contribution is 0.122. The van der Waals surface area contributed by atoms with E-state index < -0.39 is 0 Å². The van der Waals surface area contributed by atoms with Gasteiger partial charge >= 0.3 is 6.03 Å². The molecular formula is C17H26N2O3. The van der Waals surface area contributed by atoms with Gasteiger partial charge in [-0.15, -0.1) is 0 Å². The zero-order valence-corrected chi connectivity index (χ0v) is 13.6. The molecule has 2 atom stereocenters. The number of benzene rings is 1. The van der Waals surface area contributed by atoms with Gasteiger partial charge in [-0.2, -0.15) is 0 Å². The Bertz CT molecular complexity index is 518. The number of carbonyl (C=O) groups excluding carboxylic acids is 1. The van der Waals surface area contributed by atoms with Crippen LogP contribution in [0.5, 0.6) is 5.75 Å². The van der Waals surface area contributed by atoms with Crippen LogP contribution in [0.25, 0.3) is 0 Å². The molecule has 2 unspecified atom stereocenters. The average molecular weight is 306 g/mol. The van der Waals surface area contributed by atoms with Crippen LogP contribution in [0.15, 0.2) is 24.3 Å². The standard InChI is InChI=1S/C17H26N2O3/c1-12(2)22-14-8-5-4-7-13(14)18-16(21)19-15-9-6-10-17(15,3)11-20/h4-5,7-8,12,15,20H,6,9-11H2,1-3H3,(H2,18,19,21). The van der Waals surface area contributed by atoms with E-state index in [-0.39, 0.29) is 30.2 Å². The van der Waals surface area contributed by atoms with Crippen LogP contribution in [0.4, 0.5) is 10.5 Å². The maximum absolute atomic E-state index is 12.3. The smallest absolute Gasteiger partial charge is 0.319 e. The molecule has 1 aliphatic carbocycles. The highest BCUT2D eigenvalue weighted by Crippen LogP contribution is 2.37. The zero-order valence-electron chi connectivity index (χ0n) is 13.6. The molecule has 22 heavy (non-hydrogen) atoms. The third-order valence-electron chi connectivity index (χ3n) is 4.25. The summed E-state index contributed by atoms with van der Waals surface area (Å²) in [6, 6.07) is 7.12. The first-order chi connectivity index (χ1) is 10.4. The van der Waals surface area contributed by atoms with Gasteiger partial charge in [-0.3, -0.25) is 0 Å². The quantitative estimate of drug-likeness (QED) is 0.782. The van der Waals surface area contributed by atoms with Gasteiger partial charge in [0.1, 0.15) is 5.75 Å². The van der Waals surface area contributed by atoms with Crippen LogP contribution in [0.1, 0.15) is 40.0 Å². The Morgan fingerprint density at radius 2 is 2.18 bits per heavy atom. The molecule has 0 saturated heterocycles. The number of aliphatic hydroxyl groups is 1. The number of ether oxygens (including phenoxy) is 1. The SMILES string of the molecule is CC(C)Oc1ccccc1NC(=O)NC1CCCC1(C)CO. The van der Waals surface area contributed by atoms with Crippen molar-refractivity contribution >= 4 is 11.7 Å². The van der Waals surface area contributed by atoms with Gasteiger partial charge < -0.3 is 20.5 Å². The molecule has 0 radical (unpaired) electrons. The number of para-hydroxylation sites is 2. The molecule has 1 aliphatic rings. The van der Waals surface area contributed by atoms with Crippen molar-refractivity contribution in [2.45, 2.75) is 52.2 Å². The third kappa shape index (κ3) is 3.91. The molecule has 2 amide bonds. The summed E-state index contributed by atoms with van der Waals surface area (Å²) in [5, 5.41) is 15.4. The van der Waals surface area contributed by atoms with Gasteiger partial charge in [-0.1, -0.05) is 25.5 Å². The summed E-state index contributed by atoms with van der Waals surface area (Å²) in [5.74, 6) is 0.656. The molecule has 2 rings (SSSR count). The van der Waals surface area contributed by atoms with Crippen LogP contribution in [0.3, 0.4) is 0 Å². The van der Waals surface area contributed by atoms with Crippen molar-refractivity contribution in [2.75, 3.05) is 11.9 Å². The molecule has 1 saturated carbocycles. The lowest BCUT2D eigenvalue weighted by atomic mass is 9.86. The molecule has 122 valence electrons. The lowest BCUT2D eigenvalue weighted by Crippen LogP contribution is -2.46. The van der Waals surface area contributed by atoms with E-state index in [1.165, 1.54) is 0 Å². The second-order valence-corrected chi connectivity index (χ2v) is 6.52. The maximum atomic E-state index is 12.3. The third-order valence-corrected chi connectivity index (χ3v) is 4.25. The van der Waals surface area contributed by atoms with Gasteiger partial charge in [0, 0.05) is 11.5 Å². The summed E-state index contributed by atoms with van der Waals surface area (Å²) in [6.45, 7) is 6.00. The molecule has 1 aromatic rings. The topological polar surface area (TPSA) is 70.6 Å². The van der Waals surface area contributed by atoms with Crippen LogP contribution in [-0.4, -0.2) is 29.9 Å². The molecular weight excluding hydrogens is 280 g/mol. The number of aliphatic hydroxyl groups excluding tert-OH is 1. The van der Waals surface area contributed by atoms with Gasteiger partial charge in [0.25, 0.3) is 0 Å². The van der Waals surface area contributed by atoms with E-state index in [1.54, 1.807) is 0 Å². The van der Waals surface area contributed by atoms with Crippen LogP contribution < -0.4 is 15.4 Å². The summed E-state index contributed by atoms with van der Waals surface area (Å²) >= 11 is 0.